The van der Waals surface area contributed by atoms with Crippen LogP contribution in [0.3, 0.4) is 0 Å². The van der Waals surface area contributed by atoms with Gasteiger partial charge in [-0.2, -0.15) is 0 Å². The molecule has 2 saturated heterocycles. The largest absolute Gasteiger partial charge is 0.475 e. The Morgan fingerprint density at radius 3 is 2.94 bits per heavy atom. The van der Waals surface area contributed by atoms with Gasteiger partial charge in [0.1, 0.15) is 12.6 Å². The second-order valence-corrected chi connectivity index (χ2v) is 5.01. The van der Waals surface area contributed by atoms with E-state index >= 15 is 0 Å². The van der Waals surface area contributed by atoms with Crippen molar-refractivity contribution in [2.75, 3.05) is 26.2 Å². The zero-order valence-electron chi connectivity index (χ0n) is 10.1. The highest BCUT2D eigenvalue weighted by molar-refractivity contribution is 6.43. The fourth-order valence-electron chi connectivity index (χ4n) is 2.79. The van der Waals surface area contributed by atoms with Crippen molar-refractivity contribution >= 4 is 13.0 Å². The van der Waals surface area contributed by atoms with Crippen LogP contribution in [0.25, 0.3) is 0 Å². The van der Waals surface area contributed by atoms with E-state index in [0.29, 0.717) is 25.6 Å². The fourth-order valence-corrected chi connectivity index (χ4v) is 2.79. The molecule has 0 saturated carbocycles. The van der Waals surface area contributed by atoms with Crippen LogP contribution in [-0.4, -0.2) is 66.1 Å². The molecule has 2 atom stereocenters. The molecule has 2 aliphatic heterocycles. The normalized spacial score (nSPS) is 28.7. The Morgan fingerprint density at radius 1 is 1.47 bits per heavy atom. The second-order valence-electron chi connectivity index (χ2n) is 5.01. The van der Waals surface area contributed by atoms with Gasteiger partial charge < -0.3 is 25.6 Å². The van der Waals surface area contributed by atoms with Gasteiger partial charge in [0.25, 0.3) is 5.91 Å². The van der Waals surface area contributed by atoms with Crippen molar-refractivity contribution in [2.45, 2.75) is 31.2 Å². The smallest absolute Gasteiger partial charge is 0.426 e. The fraction of sp³-hybridized carbons (Fsp3) is 0.900. The van der Waals surface area contributed by atoms with Crippen LogP contribution in [0.5, 0.6) is 0 Å². The lowest BCUT2D eigenvalue weighted by molar-refractivity contribution is -0.712. The van der Waals surface area contributed by atoms with Crippen LogP contribution in [-0.2, 0) is 4.79 Å². The van der Waals surface area contributed by atoms with Gasteiger partial charge in [0, 0.05) is 6.54 Å². The summed E-state index contributed by atoms with van der Waals surface area (Å²) in [5.41, 5.74) is 0. The van der Waals surface area contributed by atoms with E-state index in [1.807, 2.05) is 0 Å². The lowest BCUT2D eigenvalue weighted by Gasteiger charge is -2.23. The number of carbonyl (C=O) groups excluding carboxylic acids is 1. The molecule has 2 aliphatic rings. The summed E-state index contributed by atoms with van der Waals surface area (Å²) in [6, 6.07) is 0.541. The summed E-state index contributed by atoms with van der Waals surface area (Å²) in [6.07, 6.45) is 2.71. The minimum absolute atomic E-state index is 0.0347. The minimum Gasteiger partial charge on any atom is -0.426 e. The van der Waals surface area contributed by atoms with E-state index in [1.54, 1.807) is 4.90 Å². The van der Waals surface area contributed by atoms with Crippen LogP contribution in [0.1, 0.15) is 19.3 Å². The van der Waals surface area contributed by atoms with Crippen molar-refractivity contribution in [1.29, 1.82) is 0 Å². The van der Waals surface area contributed by atoms with Crippen molar-refractivity contribution in [3.8, 4) is 0 Å². The maximum atomic E-state index is 12.0. The van der Waals surface area contributed by atoms with E-state index < -0.39 is 13.1 Å². The molecule has 0 unspecified atom stereocenters. The molecule has 6 nitrogen and oxygen atoms in total. The van der Waals surface area contributed by atoms with Gasteiger partial charge in [-0.05, 0) is 12.8 Å². The molecule has 7 heteroatoms. The lowest BCUT2D eigenvalue weighted by Crippen LogP contribution is -2.96. The number of nitrogens with two attached hydrogens (primary N) is 2. The average Bonchev–Trinajstić information content (AvgIpc) is 2.96. The van der Waals surface area contributed by atoms with E-state index in [9.17, 15) is 14.8 Å². The molecule has 1 amide bonds. The monoisotopic (exact) mass is 243 g/mol. The van der Waals surface area contributed by atoms with Gasteiger partial charge in [-0.15, -0.1) is 0 Å². The molecule has 0 bridgehead atoms. The summed E-state index contributed by atoms with van der Waals surface area (Å²) >= 11 is 0. The Balaban J connectivity index is 1.78. The van der Waals surface area contributed by atoms with Crippen LogP contribution in [0.15, 0.2) is 0 Å². The molecular formula is C10H22BN3O3+2. The maximum Gasteiger partial charge on any atom is 0.475 e. The zero-order valence-corrected chi connectivity index (χ0v) is 10.1. The number of quaternary nitrogens is 2. The highest BCUT2D eigenvalue weighted by Gasteiger charge is 2.37. The van der Waals surface area contributed by atoms with Gasteiger partial charge in [-0.3, -0.25) is 4.79 Å². The van der Waals surface area contributed by atoms with Crippen LogP contribution in [0.4, 0.5) is 0 Å². The molecule has 0 aromatic carbocycles. The number of hydrogen-bond donors (Lipinski definition) is 4. The third kappa shape index (κ3) is 3.19. The predicted molar refractivity (Wildman–Crippen MR) is 61.8 cm³/mol. The summed E-state index contributed by atoms with van der Waals surface area (Å²) in [5, 5.41) is 22.7. The van der Waals surface area contributed by atoms with Gasteiger partial charge in [0.15, 0.2) is 6.54 Å². The van der Waals surface area contributed by atoms with E-state index in [0.717, 1.165) is 25.9 Å². The van der Waals surface area contributed by atoms with Crippen molar-refractivity contribution in [3.05, 3.63) is 0 Å². The first-order valence-corrected chi connectivity index (χ1v) is 6.49. The standard InChI is InChI=1S/C10H20BN3O3/c15-10(7-13-8-3-4-12-6-8)14-5-1-2-9(14)11(16)17/h8-9,12-13,16-17H,1-7H2/p+2/t8-,9+/m1/s1. The Hall–Kier alpha value is -0.625. The first-order chi connectivity index (χ1) is 8.18. The number of amides is 1. The number of nitrogens with zero attached hydrogens (tertiary/aromatic N) is 1. The van der Waals surface area contributed by atoms with Gasteiger partial charge in [-0.25, -0.2) is 0 Å². The molecule has 17 heavy (non-hydrogen) atoms. The van der Waals surface area contributed by atoms with E-state index in [4.69, 9.17) is 0 Å². The Kier molecular flexibility index (Phi) is 4.39. The molecule has 0 aromatic heterocycles. The number of hydrogen-bond acceptors (Lipinski definition) is 3. The molecule has 2 fully saturated rings. The van der Waals surface area contributed by atoms with Crippen LogP contribution >= 0.6 is 0 Å². The summed E-state index contributed by atoms with van der Waals surface area (Å²) in [7, 11) is -1.40. The third-order valence-corrected chi connectivity index (χ3v) is 3.80. The van der Waals surface area contributed by atoms with Gasteiger partial charge >= 0.3 is 7.12 Å². The minimum atomic E-state index is -1.40. The summed E-state index contributed by atoms with van der Waals surface area (Å²) < 4.78 is 0. The Labute approximate surface area is 102 Å². The molecule has 0 spiro atoms. The van der Waals surface area contributed by atoms with Gasteiger partial charge in [-0.1, -0.05) is 0 Å². The highest BCUT2D eigenvalue weighted by atomic mass is 16.4. The first-order valence-electron chi connectivity index (χ1n) is 6.49. The summed E-state index contributed by atoms with van der Waals surface area (Å²) in [4.78, 5) is 13.6. The molecule has 6 N–H and O–H groups in total. The molecule has 0 aromatic rings. The quantitative estimate of drug-likeness (QED) is 0.378. The number of rotatable bonds is 4. The molecule has 96 valence electrons. The van der Waals surface area contributed by atoms with Crippen molar-refractivity contribution < 1.29 is 25.5 Å². The first kappa shape index (κ1) is 12.8. The summed E-state index contributed by atoms with van der Waals surface area (Å²) in [6.45, 7) is 3.32. The van der Waals surface area contributed by atoms with Crippen molar-refractivity contribution in [1.82, 2.24) is 4.90 Å². The molecule has 0 radical (unpaired) electrons. The highest BCUT2D eigenvalue weighted by Crippen LogP contribution is 2.17. The SMILES string of the molecule is O=C(C[NH2+][C@@H]1CC[NH2+]C1)N1CCC[C@H]1B(O)O. The number of carbonyl (C=O) groups is 1. The lowest BCUT2D eigenvalue weighted by atomic mass is 9.78. The molecule has 2 rings (SSSR count). The van der Waals surface area contributed by atoms with Crippen molar-refractivity contribution in [3.63, 3.8) is 0 Å². The van der Waals surface area contributed by atoms with Crippen LogP contribution in [0, 0.1) is 0 Å². The van der Waals surface area contributed by atoms with Crippen LogP contribution < -0.4 is 10.6 Å². The maximum absolute atomic E-state index is 12.0. The third-order valence-electron chi connectivity index (χ3n) is 3.80. The molecule has 0 aliphatic carbocycles. The molecular weight excluding hydrogens is 221 g/mol. The van der Waals surface area contributed by atoms with Crippen molar-refractivity contribution in [2.24, 2.45) is 0 Å². The van der Waals surface area contributed by atoms with E-state index in [-0.39, 0.29) is 5.91 Å². The van der Waals surface area contributed by atoms with Gasteiger partial charge in [0.05, 0.1) is 18.9 Å². The van der Waals surface area contributed by atoms with Gasteiger partial charge in [0.2, 0.25) is 0 Å². The topological polar surface area (TPSA) is 94.0 Å². The predicted octanol–water partition coefficient (Wildman–Crippen LogP) is -4.11. The van der Waals surface area contributed by atoms with E-state index in [2.05, 4.69) is 10.6 Å². The average molecular weight is 243 g/mol. The molecule has 2 heterocycles. The van der Waals surface area contributed by atoms with Crippen LogP contribution in [0.2, 0.25) is 0 Å². The number of likely N-dealkylation sites (tertiary alicyclic amines) is 1. The zero-order chi connectivity index (χ0) is 12.3. The van der Waals surface area contributed by atoms with E-state index in [1.165, 1.54) is 0 Å². The summed E-state index contributed by atoms with van der Waals surface area (Å²) in [5.74, 6) is -0.362. The Morgan fingerprint density at radius 2 is 2.29 bits per heavy atom. The second kappa shape index (κ2) is 5.81. The Bertz CT molecular complexity index is 272.